The Morgan fingerprint density at radius 1 is 0.750 bits per heavy atom. The van der Waals surface area contributed by atoms with Crippen LogP contribution in [0, 0.1) is 28.1 Å². The average Bonchev–Trinajstić information content (AvgIpc) is 3.00. The summed E-state index contributed by atoms with van der Waals surface area (Å²) in [6.07, 6.45) is 11.2. The summed E-state index contributed by atoms with van der Waals surface area (Å²) in [6.45, 7) is 0. The maximum atomic E-state index is 1.64. The lowest BCUT2D eigenvalue weighted by Crippen LogP contribution is -2.43. The molecule has 6 saturated carbocycles. The number of hydrogen-bond acceptors (Lipinski definition) is 0. The Balaban J connectivity index is 1.62. The second kappa shape index (κ2) is 1.14. The molecule has 0 heteroatoms. The zero-order chi connectivity index (χ0) is 7.60. The summed E-state index contributed by atoms with van der Waals surface area (Å²) in [4.78, 5) is 0. The van der Waals surface area contributed by atoms with E-state index in [0.717, 1.165) is 16.2 Å². The van der Waals surface area contributed by atoms with Gasteiger partial charge in [-0.05, 0) is 53.8 Å². The van der Waals surface area contributed by atoms with Crippen LogP contribution in [0.4, 0.5) is 0 Å². The van der Waals surface area contributed by atoms with Crippen molar-refractivity contribution in [3.05, 3.63) is 0 Å². The molecule has 2 bridgehead atoms. The number of fused-ring (bicyclic) bond motifs is 2. The molecule has 6 fully saturated rings. The highest BCUT2D eigenvalue weighted by Crippen LogP contribution is 3.23. The molecule has 0 saturated heterocycles. The quantitative estimate of drug-likeness (QED) is 0.511. The zero-order valence-electron chi connectivity index (χ0n) is 7.60. The molecule has 0 aromatic carbocycles. The molecule has 0 amide bonds. The van der Waals surface area contributed by atoms with Gasteiger partial charge in [-0.25, -0.2) is 0 Å². The van der Waals surface area contributed by atoms with Crippen molar-refractivity contribution in [2.45, 2.75) is 44.9 Å². The molecule has 64 valence electrons. The van der Waals surface area contributed by atoms with E-state index in [9.17, 15) is 0 Å². The predicted molar refractivity (Wildman–Crippen MR) is 46.6 cm³/mol. The summed E-state index contributed by atoms with van der Waals surface area (Å²) >= 11 is 0. The van der Waals surface area contributed by atoms with Crippen LogP contribution >= 0.6 is 0 Å². The Morgan fingerprint density at radius 2 is 1.33 bits per heavy atom. The molecule has 0 aromatic heterocycles. The summed E-state index contributed by atoms with van der Waals surface area (Å²) in [5, 5.41) is 0. The molecule has 0 heterocycles. The normalized spacial score (nSPS) is 72.0. The Labute approximate surface area is 73.7 Å². The van der Waals surface area contributed by atoms with Crippen molar-refractivity contribution in [2.24, 2.45) is 28.1 Å². The third kappa shape index (κ3) is 0.225. The Kier molecular flexibility index (Phi) is 0.541. The first kappa shape index (κ1) is 5.67. The van der Waals surface area contributed by atoms with Gasteiger partial charge in [0.2, 0.25) is 0 Å². The molecule has 6 rings (SSSR count). The molecule has 0 nitrogen and oxygen atoms in total. The summed E-state index contributed by atoms with van der Waals surface area (Å²) in [5.74, 6) is 2.56. The Morgan fingerprint density at radius 3 is 1.92 bits per heavy atom. The van der Waals surface area contributed by atoms with Gasteiger partial charge in [0.25, 0.3) is 0 Å². The van der Waals surface area contributed by atoms with Crippen molar-refractivity contribution < 1.29 is 0 Å². The molecule has 0 aliphatic heterocycles. The van der Waals surface area contributed by atoms with E-state index in [2.05, 4.69) is 0 Å². The van der Waals surface area contributed by atoms with E-state index in [0.29, 0.717) is 0 Å². The molecule has 0 unspecified atom stereocenters. The second-order valence-corrected chi connectivity index (χ2v) is 6.06. The largest absolute Gasteiger partial charge is 0.0527 e. The van der Waals surface area contributed by atoms with Crippen molar-refractivity contribution >= 4 is 0 Å². The smallest absolute Gasteiger partial charge is 0.00993 e. The van der Waals surface area contributed by atoms with Crippen LogP contribution in [0.15, 0.2) is 0 Å². The van der Waals surface area contributed by atoms with Gasteiger partial charge in [-0.2, -0.15) is 0 Å². The van der Waals surface area contributed by atoms with E-state index in [4.69, 9.17) is 0 Å². The molecule has 3 spiro atoms. The van der Waals surface area contributed by atoms with Gasteiger partial charge in [-0.3, -0.25) is 0 Å². The fraction of sp³-hybridized carbons (Fsp3) is 1.00. The monoisotopic (exact) mass is 160 g/mol. The summed E-state index contributed by atoms with van der Waals surface area (Å²) < 4.78 is 0. The van der Waals surface area contributed by atoms with E-state index in [1.165, 1.54) is 11.8 Å². The molecule has 0 N–H and O–H groups in total. The molecule has 6 aliphatic rings. The second-order valence-electron chi connectivity index (χ2n) is 6.06. The molecule has 0 atom stereocenters. The van der Waals surface area contributed by atoms with Crippen LogP contribution in [0.2, 0.25) is 0 Å². The minimum absolute atomic E-state index is 1.01. The average molecular weight is 160 g/mol. The fourth-order valence-electron chi connectivity index (χ4n) is 6.82. The molecular formula is C12H16. The Bertz CT molecular complexity index is 263. The molecule has 12 heavy (non-hydrogen) atoms. The first-order chi connectivity index (χ1) is 5.93. The first-order valence-corrected chi connectivity index (χ1v) is 5.93. The maximum absolute atomic E-state index is 1.64. The summed E-state index contributed by atoms with van der Waals surface area (Å²) in [7, 11) is 0. The summed E-state index contributed by atoms with van der Waals surface area (Å²) in [5.41, 5.74) is 3.11. The maximum Gasteiger partial charge on any atom is -0.00993 e. The van der Waals surface area contributed by atoms with Crippen molar-refractivity contribution in [1.29, 1.82) is 0 Å². The minimum Gasteiger partial charge on any atom is -0.0527 e. The van der Waals surface area contributed by atoms with Crippen LogP contribution in [0.1, 0.15) is 44.9 Å². The zero-order valence-corrected chi connectivity index (χ0v) is 7.60. The highest BCUT2D eigenvalue weighted by atomic mass is 15.2. The van der Waals surface area contributed by atoms with Gasteiger partial charge in [0, 0.05) is 0 Å². The van der Waals surface area contributed by atoms with E-state index < -0.39 is 0 Å². The SMILES string of the molecule is C1CC2C34C(C1)C23C41CCCC1. The molecule has 0 aromatic rings. The van der Waals surface area contributed by atoms with Crippen molar-refractivity contribution in [1.82, 2.24) is 0 Å². The van der Waals surface area contributed by atoms with Crippen LogP contribution in [0.3, 0.4) is 0 Å². The molecule has 0 radical (unpaired) electrons. The minimum atomic E-state index is 1.01. The molecule has 6 aliphatic carbocycles. The van der Waals surface area contributed by atoms with E-state index >= 15 is 0 Å². The van der Waals surface area contributed by atoms with Gasteiger partial charge in [-0.1, -0.05) is 19.3 Å². The molecular weight excluding hydrogens is 144 g/mol. The van der Waals surface area contributed by atoms with Crippen molar-refractivity contribution in [3.63, 3.8) is 0 Å². The van der Waals surface area contributed by atoms with Gasteiger partial charge in [0.1, 0.15) is 0 Å². The highest BCUT2D eigenvalue weighted by molar-refractivity contribution is 5.66. The lowest BCUT2D eigenvalue weighted by Gasteiger charge is -2.48. The topological polar surface area (TPSA) is 0 Å². The third-order valence-electron chi connectivity index (χ3n) is 6.68. The van der Waals surface area contributed by atoms with E-state index in [-0.39, 0.29) is 0 Å². The number of rotatable bonds is 0. The number of hydrogen-bond donors (Lipinski definition) is 0. The van der Waals surface area contributed by atoms with Crippen LogP contribution in [-0.4, -0.2) is 0 Å². The van der Waals surface area contributed by atoms with E-state index in [1.807, 2.05) is 0 Å². The van der Waals surface area contributed by atoms with Gasteiger partial charge in [0.05, 0.1) is 0 Å². The van der Waals surface area contributed by atoms with Crippen molar-refractivity contribution in [3.8, 4) is 0 Å². The lowest BCUT2D eigenvalue weighted by atomic mass is 9.55. The van der Waals surface area contributed by atoms with Gasteiger partial charge >= 0.3 is 0 Å². The predicted octanol–water partition coefficient (Wildman–Crippen LogP) is 2.98. The van der Waals surface area contributed by atoms with Gasteiger partial charge in [0.15, 0.2) is 0 Å². The highest BCUT2D eigenvalue weighted by Gasteiger charge is 3.20. The van der Waals surface area contributed by atoms with Gasteiger partial charge < -0.3 is 0 Å². The first-order valence-electron chi connectivity index (χ1n) is 5.93. The van der Waals surface area contributed by atoms with Crippen LogP contribution in [0.5, 0.6) is 0 Å². The third-order valence-corrected chi connectivity index (χ3v) is 6.68. The van der Waals surface area contributed by atoms with Crippen LogP contribution in [-0.2, 0) is 0 Å². The van der Waals surface area contributed by atoms with Crippen LogP contribution < -0.4 is 0 Å². The fourth-order valence-corrected chi connectivity index (χ4v) is 6.82. The standard InChI is InChI=1S/C12H16/c1-2-7-10(6-1)11-8-4-3-5-9(11)12(8,10)11/h8-9H,1-7H2. The van der Waals surface area contributed by atoms with Crippen molar-refractivity contribution in [2.75, 3.05) is 0 Å². The lowest BCUT2D eigenvalue weighted by molar-refractivity contribution is -0.00877. The summed E-state index contributed by atoms with van der Waals surface area (Å²) in [6, 6.07) is 0. The van der Waals surface area contributed by atoms with Gasteiger partial charge in [-0.15, -0.1) is 0 Å². The Hall–Kier alpha value is 0. The van der Waals surface area contributed by atoms with Crippen LogP contribution in [0.25, 0.3) is 0 Å². The van der Waals surface area contributed by atoms with E-state index in [1.54, 1.807) is 44.9 Å².